The number of carbonyl (C=O) groups excluding carboxylic acids is 1. The van der Waals surface area contributed by atoms with Gasteiger partial charge >= 0.3 is 0 Å². The topological polar surface area (TPSA) is 20.3 Å². The Balaban J connectivity index is 1.62. The molecule has 2 nitrogen and oxygen atoms in total. The quantitative estimate of drug-likeness (QED) is 0.709. The van der Waals surface area contributed by atoms with E-state index in [4.69, 9.17) is 0 Å². The fourth-order valence-electron chi connectivity index (χ4n) is 6.34. The van der Waals surface area contributed by atoms with Crippen molar-refractivity contribution >= 4 is 5.91 Å². The van der Waals surface area contributed by atoms with Crippen LogP contribution in [0, 0.1) is 29.0 Å². The van der Waals surface area contributed by atoms with Crippen molar-refractivity contribution < 1.29 is 9.18 Å². The first-order chi connectivity index (χ1) is 12.0. The fourth-order valence-corrected chi connectivity index (χ4v) is 6.34. The lowest BCUT2D eigenvalue weighted by Crippen LogP contribution is -2.50. The Bertz CT molecular complexity index is 638. The van der Waals surface area contributed by atoms with Gasteiger partial charge in [0, 0.05) is 6.54 Å². The third-order valence-electron chi connectivity index (χ3n) is 6.83. The van der Waals surface area contributed by atoms with Crippen molar-refractivity contribution in [2.24, 2.45) is 23.2 Å². The molecule has 0 radical (unpaired) electrons. The summed E-state index contributed by atoms with van der Waals surface area (Å²) in [5.41, 5.74) is 0.808. The van der Waals surface area contributed by atoms with Gasteiger partial charge in [-0.15, -0.1) is 0 Å². The Morgan fingerprint density at radius 3 is 2.56 bits per heavy atom. The predicted octanol–water partition coefficient (Wildman–Crippen LogP) is 5.34. The molecule has 4 rings (SSSR count). The molecule has 3 aliphatic rings. The number of carbonyl (C=O) groups is 1. The Morgan fingerprint density at radius 1 is 1.16 bits per heavy atom. The number of hydrogen-bond donors (Lipinski definition) is 0. The largest absolute Gasteiger partial charge is 0.335 e. The highest BCUT2D eigenvalue weighted by atomic mass is 19.1. The highest BCUT2D eigenvalue weighted by molar-refractivity contribution is 5.84. The van der Waals surface area contributed by atoms with Crippen LogP contribution in [0.15, 0.2) is 24.3 Å². The van der Waals surface area contributed by atoms with Gasteiger partial charge in [-0.2, -0.15) is 0 Å². The first-order valence-corrected chi connectivity index (χ1v) is 10.0. The Labute approximate surface area is 150 Å². The van der Waals surface area contributed by atoms with Gasteiger partial charge in [0.05, 0.1) is 11.5 Å². The van der Waals surface area contributed by atoms with E-state index >= 15 is 0 Å². The second-order valence-corrected chi connectivity index (χ2v) is 9.15. The molecule has 0 spiro atoms. The molecule has 3 unspecified atom stereocenters. The first-order valence-electron chi connectivity index (χ1n) is 10.0. The summed E-state index contributed by atoms with van der Waals surface area (Å²) in [7, 11) is 0. The van der Waals surface area contributed by atoms with Crippen molar-refractivity contribution in [1.29, 1.82) is 0 Å². The van der Waals surface area contributed by atoms with Crippen molar-refractivity contribution in [2.75, 3.05) is 6.54 Å². The molecule has 25 heavy (non-hydrogen) atoms. The molecule has 1 heterocycles. The maximum absolute atomic E-state index is 13.7. The Morgan fingerprint density at radius 2 is 1.88 bits per heavy atom. The van der Waals surface area contributed by atoms with Crippen LogP contribution in [0.2, 0.25) is 0 Å². The van der Waals surface area contributed by atoms with Gasteiger partial charge in [-0.25, -0.2) is 4.39 Å². The van der Waals surface area contributed by atoms with E-state index in [0.29, 0.717) is 23.7 Å². The number of hydrogen-bond acceptors (Lipinski definition) is 1. The van der Waals surface area contributed by atoms with Crippen LogP contribution in [0.1, 0.15) is 70.4 Å². The molecule has 1 saturated heterocycles. The maximum Gasteiger partial charge on any atom is 0.229 e. The van der Waals surface area contributed by atoms with Crippen LogP contribution < -0.4 is 0 Å². The minimum Gasteiger partial charge on any atom is -0.335 e. The number of amides is 1. The van der Waals surface area contributed by atoms with Crippen LogP contribution in [0.5, 0.6) is 0 Å². The Kier molecular flexibility index (Phi) is 4.37. The average molecular weight is 343 g/mol. The van der Waals surface area contributed by atoms with E-state index in [2.05, 4.69) is 18.7 Å². The lowest BCUT2D eigenvalue weighted by atomic mass is 9.56. The molecule has 3 heteroatoms. The smallest absolute Gasteiger partial charge is 0.229 e. The fraction of sp³-hybridized carbons (Fsp3) is 0.682. The van der Waals surface area contributed by atoms with Gasteiger partial charge in [0.2, 0.25) is 5.91 Å². The highest BCUT2D eigenvalue weighted by Gasteiger charge is 2.51. The van der Waals surface area contributed by atoms with Gasteiger partial charge in [-0.05, 0) is 80.4 Å². The summed E-state index contributed by atoms with van der Waals surface area (Å²) in [6.07, 6.45) is 7.71. The van der Waals surface area contributed by atoms with Crippen LogP contribution in [0.4, 0.5) is 4.39 Å². The minimum atomic E-state index is -0.201. The molecule has 1 amide bonds. The number of fused-ring (bicyclic) bond motifs is 2. The standard InChI is InChI=1S/C22H30FNO/c1-15-9-17-10-16(2)13-22(12-15,14-17)21(25)24-8-4-7-20(24)18-5-3-6-19(23)11-18/h3,5-6,11,15-17,20H,4,7-10,12-14H2,1-2H3. The van der Waals surface area contributed by atoms with Gasteiger partial charge in [0.25, 0.3) is 0 Å². The molecule has 3 fully saturated rings. The van der Waals surface area contributed by atoms with Crippen molar-refractivity contribution in [2.45, 2.75) is 64.8 Å². The normalized spacial score (nSPS) is 38.0. The Hall–Kier alpha value is -1.38. The predicted molar refractivity (Wildman–Crippen MR) is 97.4 cm³/mol. The zero-order valence-corrected chi connectivity index (χ0v) is 15.5. The summed E-state index contributed by atoms with van der Waals surface area (Å²) in [5.74, 6) is 2.16. The monoisotopic (exact) mass is 343 g/mol. The van der Waals surface area contributed by atoms with E-state index in [0.717, 1.165) is 44.2 Å². The molecular weight excluding hydrogens is 313 g/mol. The lowest BCUT2D eigenvalue weighted by molar-refractivity contribution is -0.152. The van der Waals surface area contributed by atoms with E-state index in [-0.39, 0.29) is 17.3 Å². The minimum absolute atomic E-state index is 0.0606. The molecule has 1 aromatic carbocycles. The van der Waals surface area contributed by atoms with Crippen molar-refractivity contribution in [3.8, 4) is 0 Å². The van der Waals surface area contributed by atoms with E-state index < -0.39 is 0 Å². The maximum atomic E-state index is 13.7. The van der Waals surface area contributed by atoms with Gasteiger partial charge in [0.1, 0.15) is 5.82 Å². The van der Waals surface area contributed by atoms with E-state index in [9.17, 15) is 9.18 Å². The number of rotatable bonds is 2. The molecular formula is C22H30FNO. The molecule has 136 valence electrons. The third-order valence-corrected chi connectivity index (χ3v) is 6.83. The van der Waals surface area contributed by atoms with Gasteiger partial charge < -0.3 is 4.90 Å². The molecule has 0 aromatic heterocycles. The molecule has 0 N–H and O–H groups in total. The van der Waals surface area contributed by atoms with Crippen LogP contribution in [-0.2, 0) is 4.79 Å². The van der Waals surface area contributed by atoms with Gasteiger partial charge in [-0.3, -0.25) is 4.79 Å². The summed E-state index contributed by atoms with van der Waals surface area (Å²) >= 11 is 0. The highest BCUT2D eigenvalue weighted by Crippen LogP contribution is 2.54. The molecule has 1 aliphatic heterocycles. The second-order valence-electron chi connectivity index (χ2n) is 9.15. The van der Waals surface area contributed by atoms with Crippen LogP contribution in [0.3, 0.4) is 0 Å². The third kappa shape index (κ3) is 3.11. The second kappa shape index (κ2) is 6.41. The van der Waals surface area contributed by atoms with Gasteiger partial charge in [0.15, 0.2) is 0 Å². The van der Waals surface area contributed by atoms with E-state index in [1.165, 1.54) is 18.9 Å². The van der Waals surface area contributed by atoms with Gasteiger partial charge in [-0.1, -0.05) is 26.0 Å². The zero-order chi connectivity index (χ0) is 17.6. The van der Waals surface area contributed by atoms with Crippen molar-refractivity contribution in [1.82, 2.24) is 4.90 Å². The van der Waals surface area contributed by atoms with E-state index in [1.807, 2.05) is 6.07 Å². The number of nitrogens with zero attached hydrogens (tertiary/aromatic N) is 1. The van der Waals surface area contributed by atoms with Crippen LogP contribution >= 0.6 is 0 Å². The molecule has 2 bridgehead atoms. The summed E-state index contributed by atoms with van der Waals surface area (Å²) in [5, 5.41) is 0. The number of likely N-dealkylation sites (tertiary alicyclic amines) is 1. The summed E-state index contributed by atoms with van der Waals surface area (Å²) in [6.45, 7) is 5.46. The van der Waals surface area contributed by atoms with Crippen molar-refractivity contribution in [3.63, 3.8) is 0 Å². The molecule has 1 aromatic rings. The van der Waals surface area contributed by atoms with E-state index in [1.54, 1.807) is 12.1 Å². The van der Waals surface area contributed by atoms with Crippen LogP contribution in [0.25, 0.3) is 0 Å². The number of benzene rings is 1. The zero-order valence-electron chi connectivity index (χ0n) is 15.5. The lowest BCUT2D eigenvalue weighted by Gasteiger charge is -2.50. The molecule has 2 saturated carbocycles. The van der Waals surface area contributed by atoms with Crippen molar-refractivity contribution in [3.05, 3.63) is 35.6 Å². The average Bonchev–Trinajstić information content (AvgIpc) is 3.02. The first kappa shape index (κ1) is 17.1. The summed E-state index contributed by atoms with van der Waals surface area (Å²) in [4.78, 5) is 15.8. The van der Waals surface area contributed by atoms with Crippen LogP contribution in [-0.4, -0.2) is 17.4 Å². The SMILES string of the molecule is CC1CC2CC(C)CC(C(=O)N3CCCC3c3cccc(F)c3)(C1)C2. The molecule has 3 atom stereocenters. The summed E-state index contributed by atoms with van der Waals surface area (Å²) < 4.78 is 13.7. The summed E-state index contributed by atoms with van der Waals surface area (Å²) in [6, 6.07) is 6.91. The molecule has 2 aliphatic carbocycles. The number of halogens is 1.